The summed E-state index contributed by atoms with van der Waals surface area (Å²) < 4.78 is 15.7. The highest BCUT2D eigenvalue weighted by atomic mass is 16.5. The average Bonchev–Trinajstić information content (AvgIpc) is 2.26. The van der Waals surface area contributed by atoms with Crippen molar-refractivity contribution in [3.63, 3.8) is 0 Å². The molecule has 0 saturated carbocycles. The van der Waals surface area contributed by atoms with Gasteiger partial charge < -0.3 is 19.9 Å². The zero-order valence-electron chi connectivity index (χ0n) is 10.0. The summed E-state index contributed by atoms with van der Waals surface area (Å²) >= 11 is 0. The maximum absolute atomic E-state index is 5.74. The van der Waals surface area contributed by atoms with E-state index in [2.05, 4.69) is 0 Å². The average molecular weight is 225 g/mol. The Hall–Kier alpha value is -1.26. The molecule has 0 aromatic heterocycles. The highest BCUT2D eigenvalue weighted by molar-refractivity contribution is 5.47. The van der Waals surface area contributed by atoms with Crippen LogP contribution in [0.25, 0.3) is 0 Å². The fourth-order valence-corrected chi connectivity index (χ4v) is 1.41. The van der Waals surface area contributed by atoms with Gasteiger partial charge in [-0.3, -0.25) is 0 Å². The van der Waals surface area contributed by atoms with E-state index in [1.54, 1.807) is 20.3 Å². The van der Waals surface area contributed by atoms with Crippen LogP contribution in [0, 0.1) is 0 Å². The third-order valence-electron chi connectivity index (χ3n) is 2.16. The van der Waals surface area contributed by atoms with Crippen LogP contribution in [0.5, 0.6) is 5.75 Å². The summed E-state index contributed by atoms with van der Waals surface area (Å²) in [5.41, 5.74) is 7.42. The molecular weight excluding hydrogens is 206 g/mol. The number of nitrogens with two attached hydrogens (primary N) is 1. The quantitative estimate of drug-likeness (QED) is 0.750. The van der Waals surface area contributed by atoms with E-state index in [0.29, 0.717) is 18.9 Å². The topological polar surface area (TPSA) is 53.7 Å². The SMILES string of the molecule is COCC(C)OCc1cc(N)cc(OC)c1. The van der Waals surface area contributed by atoms with Crippen LogP contribution in [0.2, 0.25) is 0 Å². The molecule has 0 heterocycles. The van der Waals surface area contributed by atoms with E-state index in [-0.39, 0.29) is 6.10 Å². The molecule has 4 nitrogen and oxygen atoms in total. The molecule has 0 aliphatic carbocycles. The molecule has 0 amide bonds. The standard InChI is InChI=1S/C12H19NO3/c1-9(7-14-2)16-8-10-4-11(13)6-12(5-10)15-3/h4-6,9H,7-8,13H2,1-3H3. The maximum Gasteiger partial charge on any atom is 0.121 e. The number of rotatable bonds is 6. The van der Waals surface area contributed by atoms with Crippen molar-refractivity contribution in [2.24, 2.45) is 0 Å². The van der Waals surface area contributed by atoms with Gasteiger partial charge in [-0.2, -0.15) is 0 Å². The molecule has 2 N–H and O–H groups in total. The monoisotopic (exact) mass is 225 g/mol. The summed E-state index contributed by atoms with van der Waals surface area (Å²) in [5.74, 6) is 0.748. The number of benzene rings is 1. The molecule has 16 heavy (non-hydrogen) atoms. The molecule has 4 heteroatoms. The molecule has 1 aromatic rings. The van der Waals surface area contributed by atoms with E-state index in [1.807, 2.05) is 19.1 Å². The number of methoxy groups -OCH3 is 2. The van der Waals surface area contributed by atoms with Gasteiger partial charge in [0.2, 0.25) is 0 Å². The number of hydrogen-bond acceptors (Lipinski definition) is 4. The van der Waals surface area contributed by atoms with Gasteiger partial charge in [0, 0.05) is 18.9 Å². The molecular formula is C12H19NO3. The van der Waals surface area contributed by atoms with Gasteiger partial charge in [-0.05, 0) is 24.6 Å². The molecule has 1 unspecified atom stereocenters. The van der Waals surface area contributed by atoms with E-state index in [4.69, 9.17) is 19.9 Å². The number of hydrogen-bond donors (Lipinski definition) is 1. The molecule has 1 rings (SSSR count). The van der Waals surface area contributed by atoms with Gasteiger partial charge in [0.05, 0.1) is 26.4 Å². The van der Waals surface area contributed by atoms with Crippen molar-refractivity contribution >= 4 is 5.69 Å². The molecule has 0 aliphatic rings. The first-order chi connectivity index (χ1) is 7.65. The molecule has 0 radical (unpaired) electrons. The molecule has 0 spiro atoms. The normalized spacial score (nSPS) is 12.4. The fourth-order valence-electron chi connectivity index (χ4n) is 1.41. The third kappa shape index (κ3) is 4.08. The van der Waals surface area contributed by atoms with E-state index in [1.165, 1.54) is 0 Å². The van der Waals surface area contributed by atoms with Crippen LogP contribution in [-0.2, 0) is 16.1 Å². The first-order valence-corrected chi connectivity index (χ1v) is 5.19. The summed E-state index contributed by atoms with van der Waals surface area (Å²) in [6.07, 6.45) is 0.0671. The van der Waals surface area contributed by atoms with Crippen molar-refractivity contribution in [1.82, 2.24) is 0 Å². The van der Waals surface area contributed by atoms with Crippen LogP contribution in [0.15, 0.2) is 18.2 Å². The molecule has 0 fully saturated rings. The molecule has 0 aliphatic heterocycles. The predicted molar refractivity (Wildman–Crippen MR) is 63.5 cm³/mol. The van der Waals surface area contributed by atoms with Crippen molar-refractivity contribution < 1.29 is 14.2 Å². The summed E-state index contributed by atoms with van der Waals surface area (Å²) in [5, 5.41) is 0. The van der Waals surface area contributed by atoms with Gasteiger partial charge in [0.25, 0.3) is 0 Å². The zero-order valence-corrected chi connectivity index (χ0v) is 10.0. The minimum absolute atomic E-state index is 0.0671. The molecule has 0 saturated heterocycles. The predicted octanol–water partition coefficient (Wildman–Crippen LogP) is 1.83. The lowest BCUT2D eigenvalue weighted by molar-refractivity contribution is -0.000158. The second kappa shape index (κ2) is 6.35. The smallest absolute Gasteiger partial charge is 0.121 e. The van der Waals surface area contributed by atoms with Gasteiger partial charge in [0.1, 0.15) is 5.75 Å². The van der Waals surface area contributed by atoms with Crippen LogP contribution in [-0.4, -0.2) is 26.9 Å². The summed E-state index contributed by atoms with van der Waals surface area (Å²) in [7, 11) is 3.27. The minimum atomic E-state index is 0.0671. The Morgan fingerprint density at radius 3 is 2.62 bits per heavy atom. The maximum atomic E-state index is 5.74. The van der Waals surface area contributed by atoms with Gasteiger partial charge in [-0.15, -0.1) is 0 Å². The Labute approximate surface area is 96.3 Å². The largest absolute Gasteiger partial charge is 0.497 e. The number of nitrogen functional groups attached to an aromatic ring is 1. The van der Waals surface area contributed by atoms with Crippen LogP contribution < -0.4 is 10.5 Å². The first-order valence-electron chi connectivity index (χ1n) is 5.19. The summed E-state index contributed by atoms with van der Waals surface area (Å²) in [6, 6.07) is 5.57. The summed E-state index contributed by atoms with van der Waals surface area (Å²) in [6.45, 7) is 3.05. The number of ether oxygens (including phenoxy) is 3. The molecule has 1 aromatic carbocycles. The van der Waals surface area contributed by atoms with Crippen molar-refractivity contribution in [1.29, 1.82) is 0 Å². The Bertz CT molecular complexity index is 328. The lowest BCUT2D eigenvalue weighted by Gasteiger charge is -2.12. The van der Waals surface area contributed by atoms with Gasteiger partial charge in [-0.25, -0.2) is 0 Å². The van der Waals surface area contributed by atoms with Crippen molar-refractivity contribution in [2.75, 3.05) is 26.6 Å². The highest BCUT2D eigenvalue weighted by Gasteiger charge is 2.04. The van der Waals surface area contributed by atoms with Crippen molar-refractivity contribution in [3.8, 4) is 5.75 Å². The lowest BCUT2D eigenvalue weighted by atomic mass is 10.2. The van der Waals surface area contributed by atoms with Gasteiger partial charge in [0.15, 0.2) is 0 Å². The van der Waals surface area contributed by atoms with Gasteiger partial charge in [-0.1, -0.05) is 0 Å². The van der Waals surface area contributed by atoms with Crippen LogP contribution in [0.1, 0.15) is 12.5 Å². The number of anilines is 1. The van der Waals surface area contributed by atoms with Gasteiger partial charge >= 0.3 is 0 Å². The van der Waals surface area contributed by atoms with E-state index in [0.717, 1.165) is 11.3 Å². The highest BCUT2D eigenvalue weighted by Crippen LogP contribution is 2.19. The van der Waals surface area contributed by atoms with Crippen LogP contribution in [0.3, 0.4) is 0 Å². The van der Waals surface area contributed by atoms with E-state index < -0.39 is 0 Å². The molecule has 0 bridgehead atoms. The second-order valence-electron chi connectivity index (χ2n) is 3.69. The van der Waals surface area contributed by atoms with Crippen molar-refractivity contribution in [3.05, 3.63) is 23.8 Å². The minimum Gasteiger partial charge on any atom is -0.497 e. The van der Waals surface area contributed by atoms with Crippen molar-refractivity contribution in [2.45, 2.75) is 19.6 Å². The second-order valence-corrected chi connectivity index (χ2v) is 3.69. The zero-order chi connectivity index (χ0) is 12.0. The third-order valence-corrected chi connectivity index (χ3v) is 2.16. The Morgan fingerprint density at radius 1 is 1.25 bits per heavy atom. The Kier molecular flexibility index (Phi) is 5.08. The molecule has 90 valence electrons. The van der Waals surface area contributed by atoms with Crippen LogP contribution in [0.4, 0.5) is 5.69 Å². The Balaban J connectivity index is 2.56. The fraction of sp³-hybridized carbons (Fsp3) is 0.500. The van der Waals surface area contributed by atoms with Crippen LogP contribution >= 0.6 is 0 Å². The lowest BCUT2D eigenvalue weighted by Crippen LogP contribution is -2.14. The first kappa shape index (κ1) is 12.8. The van der Waals surface area contributed by atoms with E-state index in [9.17, 15) is 0 Å². The summed E-state index contributed by atoms with van der Waals surface area (Å²) in [4.78, 5) is 0. The van der Waals surface area contributed by atoms with E-state index >= 15 is 0 Å². The Morgan fingerprint density at radius 2 is 2.00 bits per heavy atom. The molecule has 1 atom stereocenters.